The smallest absolute Gasteiger partial charge is 0.141 e. The second kappa shape index (κ2) is 11.9. The summed E-state index contributed by atoms with van der Waals surface area (Å²) in [7, 11) is 0. The van der Waals surface area contributed by atoms with Crippen LogP contribution in [0.4, 0.5) is 0 Å². The van der Waals surface area contributed by atoms with E-state index in [0.717, 1.165) is 18.5 Å². The van der Waals surface area contributed by atoms with E-state index in [-0.39, 0.29) is 5.75 Å². The van der Waals surface area contributed by atoms with Crippen molar-refractivity contribution < 1.29 is 5.11 Å². The Morgan fingerprint density at radius 2 is 1.56 bits per heavy atom. The molecular formula is C22H34N2O. The summed E-state index contributed by atoms with van der Waals surface area (Å²) in [5, 5.41) is 14.5. The molecule has 0 saturated heterocycles. The van der Waals surface area contributed by atoms with Crippen LogP contribution in [0.2, 0.25) is 0 Å². The quantitative estimate of drug-likeness (QED) is 0.442. The summed E-state index contributed by atoms with van der Waals surface area (Å²) in [6.45, 7) is 4.16. The van der Waals surface area contributed by atoms with E-state index in [1.54, 1.807) is 12.3 Å². The van der Waals surface area contributed by atoms with Gasteiger partial charge in [0.05, 0.1) is 0 Å². The molecule has 0 unspecified atom stereocenters. The predicted octanol–water partition coefficient (Wildman–Crippen LogP) is 5.95. The summed E-state index contributed by atoms with van der Waals surface area (Å²) in [6.07, 6.45) is 15.4. The number of unbranched alkanes of at least 4 members (excludes halogenated alkanes) is 9. The lowest BCUT2D eigenvalue weighted by Gasteiger charge is -2.09. The SMILES string of the molecule is CCCCCCCCCCCCNCc1ccc(O)c2ncccc12. The maximum Gasteiger partial charge on any atom is 0.141 e. The fourth-order valence-corrected chi connectivity index (χ4v) is 3.33. The molecule has 0 spiro atoms. The molecule has 0 saturated carbocycles. The van der Waals surface area contributed by atoms with Crippen molar-refractivity contribution in [2.24, 2.45) is 0 Å². The first-order chi connectivity index (χ1) is 12.3. The van der Waals surface area contributed by atoms with Crippen molar-refractivity contribution in [1.29, 1.82) is 0 Å². The maximum atomic E-state index is 9.89. The number of phenolic OH excluding ortho intramolecular Hbond substituents is 1. The third-order valence-electron chi connectivity index (χ3n) is 4.86. The molecule has 1 aromatic heterocycles. The zero-order valence-electron chi connectivity index (χ0n) is 15.8. The van der Waals surface area contributed by atoms with E-state index < -0.39 is 0 Å². The van der Waals surface area contributed by atoms with Crippen LogP contribution in [0, 0.1) is 0 Å². The van der Waals surface area contributed by atoms with Crippen LogP contribution >= 0.6 is 0 Å². The highest BCUT2D eigenvalue weighted by Gasteiger charge is 2.05. The second-order valence-electron chi connectivity index (χ2n) is 7.00. The maximum absolute atomic E-state index is 9.89. The molecule has 0 fully saturated rings. The van der Waals surface area contributed by atoms with Crippen molar-refractivity contribution >= 4 is 10.9 Å². The Balaban J connectivity index is 1.55. The zero-order chi connectivity index (χ0) is 17.7. The normalized spacial score (nSPS) is 11.2. The molecule has 1 aromatic carbocycles. The lowest BCUT2D eigenvalue weighted by atomic mass is 10.1. The van der Waals surface area contributed by atoms with Gasteiger partial charge >= 0.3 is 0 Å². The zero-order valence-corrected chi connectivity index (χ0v) is 15.8. The number of hydrogen-bond donors (Lipinski definition) is 2. The Labute approximate surface area is 152 Å². The number of phenols is 1. The van der Waals surface area contributed by atoms with Crippen LogP contribution in [0.3, 0.4) is 0 Å². The molecule has 138 valence electrons. The first-order valence-electron chi connectivity index (χ1n) is 10.1. The van der Waals surface area contributed by atoms with E-state index in [1.165, 1.54) is 69.8 Å². The molecule has 0 amide bonds. The number of aromatic hydroxyl groups is 1. The van der Waals surface area contributed by atoms with E-state index >= 15 is 0 Å². The number of pyridine rings is 1. The van der Waals surface area contributed by atoms with Crippen LogP contribution in [0.25, 0.3) is 10.9 Å². The first-order valence-corrected chi connectivity index (χ1v) is 10.1. The molecule has 3 nitrogen and oxygen atoms in total. The first kappa shape index (κ1) is 19.7. The van der Waals surface area contributed by atoms with Crippen LogP contribution < -0.4 is 5.32 Å². The highest BCUT2D eigenvalue weighted by atomic mass is 16.3. The highest BCUT2D eigenvalue weighted by Crippen LogP contribution is 2.25. The monoisotopic (exact) mass is 342 g/mol. The average Bonchev–Trinajstić information content (AvgIpc) is 2.64. The third kappa shape index (κ3) is 7.03. The third-order valence-corrected chi connectivity index (χ3v) is 4.86. The fraction of sp³-hybridized carbons (Fsp3) is 0.591. The molecule has 1 heterocycles. The van der Waals surface area contributed by atoms with Gasteiger partial charge in [-0.05, 0) is 30.7 Å². The minimum absolute atomic E-state index is 0.258. The van der Waals surface area contributed by atoms with Gasteiger partial charge in [-0.2, -0.15) is 0 Å². The van der Waals surface area contributed by atoms with Gasteiger partial charge in [0.15, 0.2) is 0 Å². The largest absolute Gasteiger partial charge is 0.506 e. The van der Waals surface area contributed by atoms with Crippen molar-refractivity contribution in [3.05, 3.63) is 36.0 Å². The number of fused-ring (bicyclic) bond motifs is 1. The van der Waals surface area contributed by atoms with Gasteiger partial charge in [-0.15, -0.1) is 0 Å². The van der Waals surface area contributed by atoms with E-state index in [1.807, 2.05) is 18.2 Å². The molecule has 3 heteroatoms. The van der Waals surface area contributed by atoms with Gasteiger partial charge in [0.1, 0.15) is 11.3 Å². The summed E-state index contributed by atoms with van der Waals surface area (Å²) in [5.74, 6) is 0.258. The minimum Gasteiger partial charge on any atom is -0.506 e. The minimum atomic E-state index is 0.258. The van der Waals surface area contributed by atoms with Crippen LogP contribution in [-0.2, 0) is 6.54 Å². The standard InChI is InChI=1S/C22H34N2O/c1-2-3-4-5-6-7-8-9-10-11-16-23-18-19-14-15-21(25)22-20(19)13-12-17-24-22/h12-15,17,23,25H,2-11,16,18H2,1H3. The van der Waals surface area contributed by atoms with Gasteiger partial charge in [0.25, 0.3) is 0 Å². The predicted molar refractivity (Wildman–Crippen MR) is 107 cm³/mol. The van der Waals surface area contributed by atoms with Gasteiger partial charge < -0.3 is 10.4 Å². The van der Waals surface area contributed by atoms with E-state index in [0.29, 0.717) is 5.52 Å². The number of hydrogen-bond acceptors (Lipinski definition) is 3. The molecule has 0 aliphatic carbocycles. The molecule has 2 aromatic rings. The van der Waals surface area contributed by atoms with Crippen molar-refractivity contribution in [3.63, 3.8) is 0 Å². The van der Waals surface area contributed by atoms with Gasteiger partial charge in [-0.3, -0.25) is 4.98 Å². The van der Waals surface area contributed by atoms with E-state index in [9.17, 15) is 5.11 Å². The fourth-order valence-electron chi connectivity index (χ4n) is 3.33. The number of nitrogens with zero attached hydrogens (tertiary/aromatic N) is 1. The topological polar surface area (TPSA) is 45.1 Å². The van der Waals surface area contributed by atoms with Crippen LogP contribution in [-0.4, -0.2) is 16.6 Å². The number of benzene rings is 1. The van der Waals surface area contributed by atoms with Crippen molar-refractivity contribution in [3.8, 4) is 5.75 Å². The summed E-state index contributed by atoms with van der Waals surface area (Å²) in [4.78, 5) is 4.27. The molecule has 0 bridgehead atoms. The molecule has 2 rings (SSSR count). The molecule has 25 heavy (non-hydrogen) atoms. The van der Waals surface area contributed by atoms with Crippen molar-refractivity contribution in [2.75, 3.05) is 6.54 Å². The Morgan fingerprint density at radius 1 is 0.880 bits per heavy atom. The summed E-state index contributed by atoms with van der Waals surface area (Å²) in [6, 6.07) is 7.69. The average molecular weight is 343 g/mol. The lowest BCUT2D eigenvalue weighted by molar-refractivity contribution is 0.480. The highest BCUT2D eigenvalue weighted by molar-refractivity contribution is 5.87. The molecular weight excluding hydrogens is 308 g/mol. The summed E-state index contributed by atoms with van der Waals surface area (Å²) in [5.41, 5.74) is 1.90. The van der Waals surface area contributed by atoms with Gasteiger partial charge in [-0.1, -0.05) is 76.8 Å². The number of rotatable bonds is 13. The lowest BCUT2D eigenvalue weighted by Crippen LogP contribution is -2.14. The van der Waals surface area contributed by atoms with Crippen LogP contribution in [0.5, 0.6) is 5.75 Å². The Bertz CT molecular complexity index is 612. The van der Waals surface area contributed by atoms with Gasteiger partial charge in [-0.25, -0.2) is 0 Å². The van der Waals surface area contributed by atoms with E-state index in [2.05, 4.69) is 17.2 Å². The Kier molecular flexibility index (Phi) is 9.35. The summed E-state index contributed by atoms with van der Waals surface area (Å²) >= 11 is 0. The molecule has 0 atom stereocenters. The van der Waals surface area contributed by atoms with Gasteiger partial charge in [0, 0.05) is 18.1 Å². The number of nitrogens with one attached hydrogen (secondary N) is 1. The van der Waals surface area contributed by atoms with Crippen molar-refractivity contribution in [2.45, 2.75) is 77.7 Å². The molecule has 0 radical (unpaired) electrons. The van der Waals surface area contributed by atoms with Crippen LogP contribution in [0.15, 0.2) is 30.5 Å². The second-order valence-corrected chi connectivity index (χ2v) is 7.00. The van der Waals surface area contributed by atoms with E-state index in [4.69, 9.17) is 0 Å². The Morgan fingerprint density at radius 3 is 2.28 bits per heavy atom. The number of aromatic nitrogens is 1. The van der Waals surface area contributed by atoms with Crippen molar-refractivity contribution in [1.82, 2.24) is 10.3 Å². The summed E-state index contributed by atoms with van der Waals surface area (Å²) < 4.78 is 0. The molecule has 0 aliphatic heterocycles. The Hall–Kier alpha value is -1.61. The molecule has 2 N–H and O–H groups in total. The molecule has 0 aliphatic rings. The van der Waals surface area contributed by atoms with Gasteiger partial charge in [0.2, 0.25) is 0 Å². The van der Waals surface area contributed by atoms with Crippen LogP contribution in [0.1, 0.15) is 76.7 Å².